The number of nitrogens with zero attached hydrogens (tertiary/aromatic N) is 2. The second-order valence-corrected chi connectivity index (χ2v) is 7.92. The van der Waals surface area contributed by atoms with Crippen molar-refractivity contribution in [2.24, 2.45) is 0 Å². The molecule has 0 fully saturated rings. The molecule has 3 aromatic rings. The van der Waals surface area contributed by atoms with Crippen molar-refractivity contribution in [3.05, 3.63) is 71.9 Å². The maximum atomic E-state index is 12.5. The molecule has 0 bridgehead atoms. The first-order valence-electron chi connectivity index (χ1n) is 10.8. The van der Waals surface area contributed by atoms with E-state index in [1.165, 1.54) is 0 Å². The summed E-state index contributed by atoms with van der Waals surface area (Å²) in [6, 6.07) is 17.8. The number of aryl methyl sites for hydroxylation is 1. The molecule has 0 aliphatic heterocycles. The zero-order valence-electron chi connectivity index (χ0n) is 19.2. The van der Waals surface area contributed by atoms with Crippen molar-refractivity contribution in [3.63, 3.8) is 0 Å². The van der Waals surface area contributed by atoms with Crippen molar-refractivity contribution in [1.29, 1.82) is 0 Å². The molecule has 0 saturated carbocycles. The number of aromatic amines is 1. The fourth-order valence-electron chi connectivity index (χ4n) is 3.30. The van der Waals surface area contributed by atoms with Gasteiger partial charge in [-0.1, -0.05) is 36.4 Å². The minimum absolute atomic E-state index is 0.0407. The summed E-state index contributed by atoms with van der Waals surface area (Å²) in [5, 5.41) is 7.47. The third-order valence-corrected chi connectivity index (χ3v) is 4.99. The number of benzene rings is 2. The van der Waals surface area contributed by atoms with E-state index in [-0.39, 0.29) is 12.0 Å². The highest BCUT2D eigenvalue weighted by Gasteiger charge is 2.09. The van der Waals surface area contributed by atoms with Crippen LogP contribution in [0.25, 0.3) is 17.3 Å². The third-order valence-electron chi connectivity index (χ3n) is 4.99. The number of carbonyl (C=O) groups excluding carboxylic acids is 1. The molecule has 6 nitrogen and oxygen atoms in total. The summed E-state index contributed by atoms with van der Waals surface area (Å²) in [4.78, 5) is 14.2. The quantitative estimate of drug-likeness (QED) is 0.458. The molecule has 1 N–H and O–H groups in total. The van der Waals surface area contributed by atoms with Crippen LogP contribution in [0.4, 0.5) is 0 Å². The van der Waals surface area contributed by atoms with Gasteiger partial charge < -0.3 is 14.4 Å². The Bertz CT molecular complexity index is 1040. The van der Waals surface area contributed by atoms with Crippen LogP contribution >= 0.6 is 0 Å². The largest absolute Gasteiger partial charge is 0.493 e. The molecule has 3 rings (SSSR count). The van der Waals surface area contributed by atoms with Gasteiger partial charge >= 0.3 is 0 Å². The first-order chi connectivity index (χ1) is 15.5. The van der Waals surface area contributed by atoms with Gasteiger partial charge in [-0.3, -0.25) is 9.89 Å². The number of nitrogens with one attached hydrogen (secondary N) is 1. The first kappa shape index (κ1) is 23.1. The Morgan fingerprint density at radius 2 is 1.91 bits per heavy atom. The van der Waals surface area contributed by atoms with Crippen LogP contribution in [0.2, 0.25) is 0 Å². The normalized spacial score (nSPS) is 11.2. The van der Waals surface area contributed by atoms with Crippen LogP contribution in [0.15, 0.2) is 60.7 Å². The smallest absolute Gasteiger partial charge is 0.246 e. The zero-order valence-corrected chi connectivity index (χ0v) is 19.2. The summed E-state index contributed by atoms with van der Waals surface area (Å²) < 4.78 is 11.1. The summed E-state index contributed by atoms with van der Waals surface area (Å²) in [6.07, 6.45) is 5.12. The van der Waals surface area contributed by atoms with Gasteiger partial charge in [0, 0.05) is 30.9 Å². The highest BCUT2D eigenvalue weighted by molar-refractivity contribution is 5.91. The summed E-state index contributed by atoms with van der Waals surface area (Å²) in [5.74, 6) is 1.30. The minimum Gasteiger partial charge on any atom is -0.493 e. The topological polar surface area (TPSA) is 67.5 Å². The average molecular weight is 434 g/mol. The number of rotatable bonds is 10. The van der Waals surface area contributed by atoms with Crippen LogP contribution in [-0.4, -0.2) is 47.8 Å². The summed E-state index contributed by atoms with van der Waals surface area (Å²) in [5.41, 5.74) is 3.97. The van der Waals surface area contributed by atoms with Gasteiger partial charge in [-0.15, -0.1) is 0 Å². The van der Waals surface area contributed by atoms with E-state index >= 15 is 0 Å². The van der Waals surface area contributed by atoms with Crippen LogP contribution < -0.4 is 9.47 Å². The number of ether oxygens (including phenoxy) is 2. The van der Waals surface area contributed by atoms with Gasteiger partial charge in [0.25, 0.3) is 0 Å². The van der Waals surface area contributed by atoms with E-state index in [1.807, 2.05) is 69.4 Å². The lowest BCUT2D eigenvalue weighted by Gasteiger charge is -2.15. The predicted octanol–water partition coefficient (Wildman–Crippen LogP) is 4.98. The molecule has 0 radical (unpaired) electrons. The lowest BCUT2D eigenvalue weighted by atomic mass is 10.1. The molecular formula is C26H31N3O3. The van der Waals surface area contributed by atoms with Crippen molar-refractivity contribution in [2.75, 3.05) is 20.7 Å². The number of H-pyrrole nitrogens is 1. The molecular weight excluding hydrogens is 402 g/mol. The van der Waals surface area contributed by atoms with Gasteiger partial charge in [-0.2, -0.15) is 5.10 Å². The second-order valence-electron chi connectivity index (χ2n) is 7.92. The molecule has 0 aliphatic rings. The van der Waals surface area contributed by atoms with E-state index in [1.54, 1.807) is 24.2 Å². The van der Waals surface area contributed by atoms with E-state index in [0.717, 1.165) is 35.4 Å². The maximum Gasteiger partial charge on any atom is 0.246 e. The number of hydrogen-bond acceptors (Lipinski definition) is 4. The number of carbonyl (C=O) groups is 1. The Labute approximate surface area is 189 Å². The van der Waals surface area contributed by atoms with Gasteiger partial charge in [-0.25, -0.2) is 0 Å². The molecule has 0 unspecified atom stereocenters. The summed E-state index contributed by atoms with van der Waals surface area (Å²) in [7, 11) is 3.42. The van der Waals surface area contributed by atoms with E-state index in [9.17, 15) is 4.79 Å². The fraction of sp³-hybridized carbons (Fsp3) is 0.308. The van der Waals surface area contributed by atoms with E-state index in [4.69, 9.17) is 9.47 Å². The molecule has 0 saturated heterocycles. The van der Waals surface area contributed by atoms with Crippen molar-refractivity contribution < 1.29 is 14.3 Å². The molecule has 2 aromatic carbocycles. The Hall–Kier alpha value is -3.54. The van der Waals surface area contributed by atoms with Crippen molar-refractivity contribution in [1.82, 2.24) is 15.1 Å². The molecule has 168 valence electrons. The van der Waals surface area contributed by atoms with Crippen molar-refractivity contribution in [3.8, 4) is 22.8 Å². The Morgan fingerprint density at radius 3 is 2.62 bits per heavy atom. The average Bonchev–Trinajstić information content (AvgIpc) is 3.27. The molecule has 6 heteroatoms. The number of amides is 1. The number of likely N-dealkylation sites (N-methyl/N-ethyl adjacent to an activating group) is 1. The zero-order chi connectivity index (χ0) is 22.9. The summed E-state index contributed by atoms with van der Waals surface area (Å²) >= 11 is 0. The fourth-order valence-corrected chi connectivity index (χ4v) is 3.30. The predicted molar refractivity (Wildman–Crippen MR) is 128 cm³/mol. The van der Waals surface area contributed by atoms with Crippen molar-refractivity contribution in [2.45, 2.75) is 32.8 Å². The van der Waals surface area contributed by atoms with Crippen LogP contribution in [-0.2, 0) is 11.2 Å². The van der Waals surface area contributed by atoms with Crippen LogP contribution in [0.5, 0.6) is 11.5 Å². The minimum atomic E-state index is -0.0407. The van der Waals surface area contributed by atoms with Crippen LogP contribution in [0, 0.1) is 0 Å². The van der Waals surface area contributed by atoms with Crippen LogP contribution in [0.1, 0.15) is 31.5 Å². The van der Waals surface area contributed by atoms with Gasteiger partial charge in [0.2, 0.25) is 5.91 Å². The van der Waals surface area contributed by atoms with E-state index < -0.39 is 0 Å². The SMILES string of the molecule is COc1cc(C=CC(=O)N(C)CCCc2cc(-c3ccccc3)n[nH]2)ccc1OC(C)C. The van der Waals surface area contributed by atoms with Gasteiger partial charge in [0.05, 0.1) is 18.9 Å². The molecule has 32 heavy (non-hydrogen) atoms. The summed E-state index contributed by atoms with van der Waals surface area (Å²) in [6.45, 7) is 4.60. The monoisotopic (exact) mass is 433 g/mol. The van der Waals surface area contributed by atoms with E-state index in [0.29, 0.717) is 18.0 Å². The maximum absolute atomic E-state index is 12.5. The number of hydrogen-bond donors (Lipinski definition) is 1. The molecule has 1 amide bonds. The molecule has 1 aromatic heterocycles. The van der Waals surface area contributed by atoms with Crippen molar-refractivity contribution >= 4 is 12.0 Å². The molecule has 1 heterocycles. The Kier molecular flexibility index (Phi) is 8.08. The molecule has 0 aliphatic carbocycles. The van der Waals surface area contributed by atoms with Crippen LogP contribution in [0.3, 0.4) is 0 Å². The Balaban J connectivity index is 1.50. The number of methoxy groups -OCH3 is 1. The highest BCUT2D eigenvalue weighted by atomic mass is 16.5. The Morgan fingerprint density at radius 1 is 1.12 bits per heavy atom. The molecule has 0 spiro atoms. The highest BCUT2D eigenvalue weighted by Crippen LogP contribution is 2.29. The van der Waals surface area contributed by atoms with E-state index in [2.05, 4.69) is 16.3 Å². The first-order valence-corrected chi connectivity index (χ1v) is 10.8. The standard InChI is InChI=1S/C26H31N3O3/c1-19(2)32-24-14-12-20(17-25(24)31-4)13-15-26(30)29(3)16-8-11-22-18-23(28-27-22)21-9-6-5-7-10-21/h5-7,9-10,12-15,17-19H,8,11,16H2,1-4H3,(H,27,28). The second kappa shape index (κ2) is 11.2. The van der Waals surface area contributed by atoms with Gasteiger partial charge in [0.1, 0.15) is 0 Å². The van der Waals surface area contributed by atoms with Gasteiger partial charge in [0.15, 0.2) is 11.5 Å². The lowest BCUT2D eigenvalue weighted by Crippen LogP contribution is -2.26. The lowest BCUT2D eigenvalue weighted by molar-refractivity contribution is -0.124. The molecule has 0 atom stereocenters. The number of aromatic nitrogens is 2. The van der Waals surface area contributed by atoms with Gasteiger partial charge in [-0.05, 0) is 56.5 Å². The third kappa shape index (κ3) is 6.48.